The van der Waals surface area contributed by atoms with E-state index in [1.807, 2.05) is 54.6 Å². The summed E-state index contributed by atoms with van der Waals surface area (Å²) in [5.74, 6) is 0.814. The highest BCUT2D eigenvalue weighted by Gasteiger charge is 2.19. The van der Waals surface area contributed by atoms with Crippen LogP contribution < -0.4 is 15.0 Å². The van der Waals surface area contributed by atoms with Crippen molar-refractivity contribution < 1.29 is 14.3 Å². The molecule has 1 fully saturated rings. The van der Waals surface area contributed by atoms with Crippen LogP contribution in [0.3, 0.4) is 0 Å². The van der Waals surface area contributed by atoms with Gasteiger partial charge in [-0.2, -0.15) is 0 Å². The van der Waals surface area contributed by atoms with Gasteiger partial charge in [0.25, 0.3) is 0 Å². The first kappa shape index (κ1) is 21.2. The van der Waals surface area contributed by atoms with Crippen molar-refractivity contribution in [3.05, 3.63) is 60.2 Å². The summed E-state index contributed by atoms with van der Waals surface area (Å²) in [4.78, 5) is 14.7. The molecule has 0 aromatic heterocycles. The van der Waals surface area contributed by atoms with E-state index in [0.29, 0.717) is 19.6 Å². The molecular weight excluding hydrogens is 364 g/mol. The number of hydrogen-bond acceptors (Lipinski definition) is 4. The number of nitrogens with zero attached hydrogens (tertiary/aromatic N) is 1. The Kier molecular flexibility index (Phi) is 8.58. The average molecular weight is 391 g/mol. The summed E-state index contributed by atoms with van der Waals surface area (Å²) in [6.07, 6.45) is 2.39. The second kappa shape index (κ2) is 10.9. The summed E-state index contributed by atoms with van der Waals surface area (Å²) in [7, 11) is 1.64. The van der Waals surface area contributed by atoms with E-state index in [1.54, 1.807) is 12.0 Å². The van der Waals surface area contributed by atoms with E-state index in [0.717, 1.165) is 36.4 Å². The number of halogens is 1. The topological polar surface area (TPSA) is 50.8 Å². The summed E-state index contributed by atoms with van der Waals surface area (Å²) < 4.78 is 10.8. The van der Waals surface area contributed by atoms with E-state index in [9.17, 15) is 4.79 Å². The van der Waals surface area contributed by atoms with Crippen LogP contribution in [0.5, 0.6) is 5.75 Å². The van der Waals surface area contributed by atoms with Gasteiger partial charge in [0.05, 0.1) is 26.3 Å². The summed E-state index contributed by atoms with van der Waals surface area (Å²) in [5, 5.41) is 3.24. The van der Waals surface area contributed by atoms with Crippen molar-refractivity contribution in [1.82, 2.24) is 5.32 Å². The molecule has 2 aromatic rings. The highest BCUT2D eigenvalue weighted by Crippen LogP contribution is 2.21. The Bertz CT molecular complexity index is 688. The van der Waals surface area contributed by atoms with Crippen LogP contribution in [0, 0.1) is 0 Å². The lowest BCUT2D eigenvalue weighted by molar-refractivity contribution is -0.118. The molecule has 3 rings (SSSR count). The van der Waals surface area contributed by atoms with Gasteiger partial charge in [0.2, 0.25) is 5.91 Å². The van der Waals surface area contributed by atoms with Gasteiger partial charge in [-0.15, -0.1) is 12.4 Å². The number of hydrogen-bond donors (Lipinski definition) is 1. The third kappa shape index (κ3) is 6.24. The number of rotatable bonds is 8. The number of ether oxygens (including phenoxy) is 2. The Morgan fingerprint density at radius 2 is 1.93 bits per heavy atom. The van der Waals surface area contributed by atoms with Crippen LogP contribution in [0.2, 0.25) is 0 Å². The maximum atomic E-state index is 12.9. The number of carbonyl (C=O) groups is 1. The fourth-order valence-corrected chi connectivity index (χ4v) is 3.09. The smallest absolute Gasteiger partial charge is 0.241 e. The van der Waals surface area contributed by atoms with Crippen LogP contribution in [0.25, 0.3) is 0 Å². The number of anilines is 1. The molecule has 1 atom stereocenters. The normalized spacial score (nSPS) is 15.8. The van der Waals surface area contributed by atoms with Crippen molar-refractivity contribution in [2.24, 2.45) is 0 Å². The average Bonchev–Trinajstić information content (AvgIpc) is 3.20. The van der Waals surface area contributed by atoms with Crippen molar-refractivity contribution >= 4 is 24.0 Å². The molecule has 1 aliphatic heterocycles. The van der Waals surface area contributed by atoms with Gasteiger partial charge >= 0.3 is 0 Å². The lowest BCUT2D eigenvalue weighted by Gasteiger charge is -2.24. The zero-order valence-electron chi connectivity index (χ0n) is 15.6. The SMILES string of the molecule is COc1ccc(N(Cc2ccccc2)C(=O)CNCC2CCCO2)cc1.Cl. The zero-order valence-corrected chi connectivity index (χ0v) is 16.4. The lowest BCUT2D eigenvalue weighted by atomic mass is 10.2. The molecule has 0 aliphatic carbocycles. The van der Waals surface area contributed by atoms with Crippen molar-refractivity contribution in [3.63, 3.8) is 0 Å². The number of amides is 1. The first-order chi connectivity index (χ1) is 12.8. The highest BCUT2D eigenvalue weighted by atomic mass is 35.5. The van der Waals surface area contributed by atoms with Gasteiger partial charge in [0.1, 0.15) is 5.75 Å². The van der Waals surface area contributed by atoms with E-state index in [1.165, 1.54) is 0 Å². The molecule has 1 heterocycles. The summed E-state index contributed by atoms with van der Waals surface area (Å²) in [6, 6.07) is 17.6. The fourth-order valence-electron chi connectivity index (χ4n) is 3.09. The minimum atomic E-state index is 0. The van der Waals surface area contributed by atoms with Crippen molar-refractivity contribution in [2.45, 2.75) is 25.5 Å². The molecule has 1 N–H and O–H groups in total. The zero-order chi connectivity index (χ0) is 18.2. The summed E-state index contributed by atoms with van der Waals surface area (Å²) >= 11 is 0. The third-order valence-electron chi connectivity index (χ3n) is 4.54. The van der Waals surface area contributed by atoms with E-state index in [-0.39, 0.29) is 24.4 Å². The maximum Gasteiger partial charge on any atom is 0.241 e. The maximum absolute atomic E-state index is 12.9. The van der Waals surface area contributed by atoms with E-state index >= 15 is 0 Å². The number of benzene rings is 2. The summed E-state index contributed by atoms with van der Waals surface area (Å²) in [5.41, 5.74) is 1.95. The Morgan fingerprint density at radius 3 is 2.56 bits per heavy atom. The van der Waals surface area contributed by atoms with Crippen LogP contribution >= 0.6 is 12.4 Å². The Balaban J connectivity index is 0.00000261. The molecule has 1 amide bonds. The van der Waals surface area contributed by atoms with Crippen LogP contribution in [-0.4, -0.2) is 38.8 Å². The predicted octanol–water partition coefficient (Wildman–Crippen LogP) is 3.42. The van der Waals surface area contributed by atoms with Crippen LogP contribution in [0.15, 0.2) is 54.6 Å². The summed E-state index contributed by atoms with van der Waals surface area (Å²) in [6.45, 7) is 2.37. The Hall–Kier alpha value is -2.08. The second-order valence-corrected chi connectivity index (χ2v) is 6.43. The molecular formula is C21H27ClN2O3. The molecule has 0 saturated carbocycles. The first-order valence-electron chi connectivity index (χ1n) is 9.07. The van der Waals surface area contributed by atoms with Crippen LogP contribution in [-0.2, 0) is 16.1 Å². The fraction of sp³-hybridized carbons (Fsp3) is 0.381. The monoisotopic (exact) mass is 390 g/mol. The van der Waals surface area contributed by atoms with Gasteiger partial charge < -0.3 is 19.7 Å². The minimum absolute atomic E-state index is 0. The molecule has 5 nitrogen and oxygen atoms in total. The van der Waals surface area contributed by atoms with Crippen LogP contribution in [0.1, 0.15) is 18.4 Å². The van der Waals surface area contributed by atoms with Crippen molar-refractivity contribution in [3.8, 4) is 5.75 Å². The largest absolute Gasteiger partial charge is 0.497 e. The first-order valence-corrected chi connectivity index (χ1v) is 9.07. The third-order valence-corrected chi connectivity index (χ3v) is 4.54. The molecule has 146 valence electrons. The van der Waals surface area contributed by atoms with Gasteiger partial charge in [0, 0.05) is 18.8 Å². The quantitative estimate of drug-likeness (QED) is 0.750. The molecule has 0 radical (unpaired) electrons. The Labute approximate surface area is 167 Å². The van der Waals surface area contributed by atoms with E-state index in [4.69, 9.17) is 9.47 Å². The molecule has 6 heteroatoms. The van der Waals surface area contributed by atoms with E-state index < -0.39 is 0 Å². The van der Waals surface area contributed by atoms with Gasteiger partial charge in [-0.1, -0.05) is 30.3 Å². The molecule has 1 aliphatic rings. The molecule has 2 aromatic carbocycles. The van der Waals surface area contributed by atoms with Gasteiger partial charge in [-0.25, -0.2) is 0 Å². The molecule has 0 bridgehead atoms. The molecule has 27 heavy (non-hydrogen) atoms. The highest BCUT2D eigenvalue weighted by molar-refractivity contribution is 5.94. The number of nitrogens with one attached hydrogen (secondary N) is 1. The van der Waals surface area contributed by atoms with Crippen molar-refractivity contribution in [2.75, 3.05) is 31.7 Å². The number of methoxy groups -OCH3 is 1. The molecule has 0 spiro atoms. The Morgan fingerprint density at radius 1 is 1.19 bits per heavy atom. The molecule has 1 unspecified atom stereocenters. The van der Waals surface area contributed by atoms with Crippen LogP contribution in [0.4, 0.5) is 5.69 Å². The van der Waals surface area contributed by atoms with E-state index in [2.05, 4.69) is 5.32 Å². The predicted molar refractivity (Wildman–Crippen MR) is 110 cm³/mol. The lowest BCUT2D eigenvalue weighted by Crippen LogP contribution is -2.40. The number of carbonyl (C=O) groups excluding carboxylic acids is 1. The second-order valence-electron chi connectivity index (χ2n) is 6.43. The van der Waals surface area contributed by atoms with Crippen molar-refractivity contribution in [1.29, 1.82) is 0 Å². The van der Waals surface area contributed by atoms with Gasteiger partial charge in [-0.3, -0.25) is 4.79 Å². The van der Waals surface area contributed by atoms with Gasteiger partial charge in [0.15, 0.2) is 0 Å². The van der Waals surface area contributed by atoms with Gasteiger partial charge in [-0.05, 0) is 42.7 Å². The molecule has 1 saturated heterocycles. The standard InChI is InChI=1S/C21H26N2O3.ClH/c1-25-19-11-9-18(10-12-19)23(16-17-6-3-2-4-7-17)21(24)15-22-14-20-8-5-13-26-20;/h2-4,6-7,9-12,20,22H,5,8,13-16H2,1H3;1H. The minimum Gasteiger partial charge on any atom is -0.497 e.